The van der Waals surface area contributed by atoms with Gasteiger partial charge in [0.05, 0.1) is 30.5 Å². The van der Waals surface area contributed by atoms with E-state index in [4.69, 9.17) is 9.47 Å². The Kier molecular flexibility index (Phi) is 8.18. The van der Waals surface area contributed by atoms with Gasteiger partial charge in [0.1, 0.15) is 17.4 Å². The van der Waals surface area contributed by atoms with Crippen LogP contribution in [0.1, 0.15) is 52.8 Å². The van der Waals surface area contributed by atoms with Crippen LogP contribution in [-0.2, 0) is 14.3 Å². The second-order valence-electron chi connectivity index (χ2n) is 9.71. The Labute approximate surface area is 228 Å². The molecule has 1 aliphatic heterocycles. The number of benzene rings is 1. The van der Waals surface area contributed by atoms with Gasteiger partial charge in [0.15, 0.2) is 0 Å². The highest BCUT2D eigenvalue weighted by atomic mass is 32.1. The molecule has 2 aliphatic rings. The van der Waals surface area contributed by atoms with Crippen molar-refractivity contribution in [3.05, 3.63) is 51.8 Å². The standard InChI is InChI=1S/C27H29N3O6S2/c1-16-2-4-18(5-3-16)26(32)30(20-11-35-15-36-12-20)22-10-23(38-24(22)27(33)34)17-6-8-19(9-7-17)29-25(31)21-13-37-14-28-21/h6-10,13-14,16,18,20H,2-5,11-12,15H2,1H3,(H,29,31)(H,33,34)/t16-,18-. The summed E-state index contributed by atoms with van der Waals surface area (Å²) in [6, 6.07) is 8.52. The second kappa shape index (κ2) is 11.7. The van der Waals surface area contributed by atoms with Crippen molar-refractivity contribution in [2.24, 2.45) is 11.8 Å². The molecule has 2 amide bonds. The summed E-state index contributed by atoms with van der Waals surface area (Å²) in [4.78, 5) is 44.9. The maximum atomic E-state index is 13.9. The fourth-order valence-electron chi connectivity index (χ4n) is 4.92. The summed E-state index contributed by atoms with van der Waals surface area (Å²) < 4.78 is 11.0. The Bertz CT molecular complexity index is 1280. The number of aromatic nitrogens is 1. The Morgan fingerprint density at radius 1 is 1.08 bits per heavy atom. The van der Waals surface area contributed by atoms with Crippen LogP contribution in [0.15, 0.2) is 41.2 Å². The number of rotatable bonds is 7. The highest BCUT2D eigenvalue weighted by molar-refractivity contribution is 7.18. The van der Waals surface area contributed by atoms with Gasteiger partial charge in [0, 0.05) is 21.9 Å². The van der Waals surface area contributed by atoms with Crippen molar-refractivity contribution < 1.29 is 29.0 Å². The van der Waals surface area contributed by atoms with Gasteiger partial charge in [-0.2, -0.15) is 0 Å². The average Bonchev–Trinajstić information content (AvgIpc) is 3.62. The molecule has 9 nitrogen and oxygen atoms in total. The normalized spacial score (nSPS) is 20.1. The van der Waals surface area contributed by atoms with Crippen molar-refractivity contribution in [3.63, 3.8) is 0 Å². The summed E-state index contributed by atoms with van der Waals surface area (Å²) in [6.07, 6.45) is 3.54. The number of nitrogens with zero attached hydrogens (tertiary/aromatic N) is 2. The van der Waals surface area contributed by atoms with E-state index in [-0.39, 0.29) is 42.6 Å². The predicted octanol–water partition coefficient (Wildman–Crippen LogP) is 5.35. The number of carbonyl (C=O) groups excluding carboxylic acids is 2. The summed E-state index contributed by atoms with van der Waals surface area (Å²) in [6.45, 7) is 2.93. The number of nitrogens with one attached hydrogen (secondary N) is 1. The first-order valence-electron chi connectivity index (χ1n) is 12.6. The molecule has 1 aliphatic carbocycles. The number of carbonyl (C=O) groups is 3. The van der Waals surface area contributed by atoms with Crippen LogP contribution in [0.4, 0.5) is 11.4 Å². The van der Waals surface area contributed by atoms with Crippen molar-refractivity contribution in [3.8, 4) is 10.4 Å². The van der Waals surface area contributed by atoms with Gasteiger partial charge in [0.2, 0.25) is 5.91 Å². The number of carboxylic acid groups (broad SMARTS) is 1. The highest BCUT2D eigenvalue weighted by Crippen LogP contribution is 2.40. The van der Waals surface area contributed by atoms with Crippen LogP contribution in [0.3, 0.4) is 0 Å². The lowest BCUT2D eigenvalue weighted by Crippen LogP contribution is -2.51. The third-order valence-electron chi connectivity index (χ3n) is 7.01. The van der Waals surface area contributed by atoms with E-state index in [0.717, 1.165) is 42.6 Å². The van der Waals surface area contributed by atoms with Crippen LogP contribution in [0.2, 0.25) is 0 Å². The Hall–Kier alpha value is -3.12. The molecular formula is C27H29N3O6S2. The van der Waals surface area contributed by atoms with E-state index in [1.165, 1.54) is 11.3 Å². The fraction of sp³-hybridized carbons (Fsp3) is 0.407. The van der Waals surface area contributed by atoms with Gasteiger partial charge >= 0.3 is 5.97 Å². The summed E-state index contributed by atoms with van der Waals surface area (Å²) in [7, 11) is 0. The number of ether oxygens (including phenoxy) is 2. The van der Waals surface area contributed by atoms with Gasteiger partial charge in [-0.05, 0) is 55.4 Å². The molecule has 38 heavy (non-hydrogen) atoms. The summed E-state index contributed by atoms with van der Waals surface area (Å²) >= 11 is 2.47. The molecule has 0 unspecified atom stereocenters. The van der Waals surface area contributed by atoms with Gasteiger partial charge in [-0.1, -0.05) is 19.1 Å². The van der Waals surface area contributed by atoms with Crippen LogP contribution < -0.4 is 10.2 Å². The minimum absolute atomic E-state index is 0.0667. The minimum Gasteiger partial charge on any atom is -0.477 e. The van der Waals surface area contributed by atoms with Crippen molar-refractivity contribution in [1.82, 2.24) is 4.98 Å². The molecule has 5 rings (SSSR count). The quantitative estimate of drug-likeness (QED) is 0.403. The Balaban J connectivity index is 1.43. The SMILES string of the molecule is C[C@H]1CC[C@H](C(=O)N(c2cc(-c3ccc(NC(=O)c4cscn4)cc3)sc2C(=O)O)C2COCOC2)CC1. The molecule has 0 radical (unpaired) electrons. The van der Waals surface area contributed by atoms with E-state index in [0.29, 0.717) is 27.9 Å². The van der Waals surface area contributed by atoms with Gasteiger partial charge in [-0.25, -0.2) is 9.78 Å². The molecule has 3 aromatic rings. The second-order valence-corrected chi connectivity index (χ2v) is 11.5. The van der Waals surface area contributed by atoms with Crippen molar-refractivity contribution in [2.45, 2.75) is 38.6 Å². The van der Waals surface area contributed by atoms with E-state index < -0.39 is 12.0 Å². The molecule has 0 spiro atoms. The van der Waals surface area contributed by atoms with Crippen LogP contribution in [0, 0.1) is 11.8 Å². The van der Waals surface area contributed by atoms with Crippen molar-refractivity contribution >= 4 is 51.8 Å². The Morgan fingerprint density at radius 2 is 1.79 bits per heavy atom. The number of thiophene rings is 1. The minimum atomic E-state index is -1.09. The van der Waals surface area contributed by atoms with Gasteiger partial charge in [0.25, 0.3) is 5.91 Å². The molecule has 1 saturated carbocycles. The molecule has 0 atom stereocenters. The van der Waals surface area contributed by atoms with Crippen LogP contribution in [-0.4, -0.2) is 53.9 Å². The molecule has 2 N–H and O–H groups in total. The molecule has 3 heterocycles. The summed E-state index contributed by atoms with van der Waals surface area (Å²) in [5.74, 6) is -1.02. The molecule has 1 saturated heterocycles. The fourth-order valence-corrected chi connectivity index (χ4v) is 6.44. The predicted molar refractivity (Wildman–Crippen MR) is 146 cm³/mol. The molecule has 0 bridgehead atoms. The lowest BCUT2D eigenvalue weighted by Gasteiger charge is -2.37. The number of carboxylic acids is 1. The zero-order valence-electron chi connectivity index (χ0n) is 20.9. The maximum absolute atomic E-state index is 13.9. The van der Waals surface area contributed by atoms with Crippen LogP contribution in [0.5, 0.6) is 0 Å². The highest BCUT2D eigenvalue weighted by Gasteiger charge is 2.37. The topological polar surface area (TPSA) is 118 Å². The van der Waals surface area contributed by atoms with Gasteiger partial charge < -0.3 is 24.8 Å². The first-order chi connectivity index (χ1) is 18.4. The van der Waals surface area contributed by atoms with E-state index in [1.54, 1.807) is 34.0 Å². The maximum Gasteiger partial charge on any atom is 0.348 e. The summed E-state index contributed by atoms with van der Waals surface area (Å²) in [5, 5.41) is 14.6. The smallest absolute Gasteiger partial charge is 0.348 e. The van der Waals surface area contributed by atoms with E-state index in [9.17, 15) is 19.5 Å². The largest absolute Gasteiger partial charge is 0.477 e. The van der Waals surface area contributed by atoms with Gasteiger partial charge in [-0.15, -0.1) is 22.7 Å². The molecule has 2 aromatic heterocycles. The number of aromatic carboxylic acids is 1. The molecule has 200 valence electrons. The monoisotopic (exact) mass is 555 g/mol. The number of amides is 2. The average molecular weight is 556 g/mol. The third kappa shape index (κ3) is 5.80. The number of thiazole rings is 1. The summed E-state index contributed by atoms with van der Waals surface area (Å²) in [5.41, 5.74) is 3.70. The van der Waals surface area contributed by atoms with Gasteiger partial charge in [-0.3, -0.25) is 9.59 Å². The third-order valence-corrected chi connectivity index (χ3v) is 8.76. The first kappa shape index (κ1) is 26.5. The van der Waals surface area contributed by atoms with Crippen molar-refractivity contribution in [2.75, 3.05) is 30.2 Å². The molecular weight excluding hydrogens is 526 g/mol. The van der Waals surface area contributed by atoms with E-state index >= 15 is 0 Å². The zero-order valence-corrected chi connectivity index (χ0v) is 22.6. The van der Waals surface area contributed by atoms with Crippen LogP contribution in [0.25, 0.3) is 10.4 Å². The Morgan fingerprint density at radius 3 is 2.42 bits per heavy atom. The molecule has 2 fully saturated rings. The molecule has 1 aromatic carbocycles. The van der Waals surface area contributed by atoms with E-state index in [1.807, 2.05) is 12.1 Å². The zero-order chi connectivity index (χ0) is 26.6. The van der Waals surface area contributed by atoms with Crippen LogP contribution >= 0.6 is 22.7 Å². The van der Waals surface area contributed by atoms with Crippen molar-refractivity contribution in [1.29, 1.82) is 0 Å². The lowest BCUT2D eigenvalue weighted by atomic mass is 9.82. The van der Waals surface area contributed by atoms with E-state index in [2.05, 4.69) is 17.2 Å². The lowest BCUT2D eigenvalue weighted by molar-refractivity contribution is -0.131. The number of hydrogen-bond donors (Lipinski definition) is 2. The molecule has 11 heteroatoms. The number of anilines is 2. The first-order valence-corrected chi connectivity index (χ1v) is 14.3. The number of hydrogen-bond acceptors (Lipinski definition) is 8.